The Balaban J connectivity index is 1.61. The van der Waals surface area contributed by atoms with Crippen LogP contribution in [-0.4, -0.2) is 17.6 Å². The van der Waals surface area contributed by atoms with Crippen LogP contribution >= 0.6 is 0 Å². The molecule has 0 aliphatic heterocycles. The fraction of sp³-hybridized carbons (Fsp3) is 0.231. The zero-order chi connectivity index (χ0) is 22.5. The van der Waals surface area contributed by atoms with Crippen LogP contribution in [0.5, 0.6) is 5.75 Å². The highest BCUT2D eigenvalue weighted by Gasteiger charge is 2.14. The van der Waals surface area contributed by atoms with E-state index in [1.807, 2.05) is 55.5 Å². The second kappa shape index (κ2) is 9.66. The molecule has 4 aromatic rings. The first-order valence-electron chi connectivity index (χ1n) is 10.6. The molecule has 0 atom stereocenters. The third-order valence-corrected chi connectivity index (χ3v) is 5.17. The Kier molecular flexibility index (Phi) is 6.52. The van der Waals surface area contributed by atoms with E-state index in [9.17, 15) is 4.79 Å². The van der Waals surface area contributed by atoms with Gasteiger partial charge in [0.2, 0.25) is 0 Å². The monoisotopic (exact) mass is 430 g/mol. The van der Waals surface area contributed by atoms with Gasteiger partial charge in [0.25, 0.3) is 0 Å². The summed E-state index contributed by atoms with van der Waals surface area (Å²) in [5.74, 6) is 1.10. The third kappa shape index (κ3) is 4.98. The lowest BCUT2D eigenvalue weighted by Gasteiger charge is -2.13. The van der Waals surface area contributed by atoms with Crippen molar-refractivity contribution < 1.29 is 18.7 Å². The van der Waals surface area contributed by atoms with E-state index in [2.05, 4.69) is 17.1 Å². The number of aromatic nitrogens is 1. The minimum atomic E-state index is -0.286. The Morgan fingerprint density at radius 3 is 2.72 bits per heavy atom. The SMILES string of the molecule is CC(=O)OCCc1ccccc1OCc1cc(-c2cccc(CN)c2)c2oc(C)nc2c1. The molecule has 0 saturated carbocycles. The van der Waals surface area contributed by atoms with Crippen LogP contribution in [0.15, 0.2) is 65.1 Å². The fourth-order valence-corrected chi connectivity index (χ4v) is 3.68. The molecule has 3 aromatic carbocycles. The Labute approximate surface area is 187 Å². The van der Waals surface area contributed by atoms with Crippen molar-refractivity contribution in [2.24, 2.45) is 5.73 Å². The molecule has 1 heterocycles. The lowest BCUT2D eigenvalue weighted by Crippen LogP contribution is -2.05. The number of aryl methyl sites for hydroxylation is 1. The molecule has 0 bridgehead atoms. The Bertz CT molecular complexity index is 1250. The first-order valence-corrected chi connectivity index (χ1v) is 10.6. The van der Waals surface area contributed by atoms with Crippen LogP contribution in [0.3, 0.4) is 0 Å². The van der Waals surface area contributed by atoms with Crippen LogP contribution in [0.25, 0.3) is 22.2 Å². The molecule has 0 fully saturated rings. The first kappa shape index (κ1) is 21.6. The van der Waals surface area contributed by atoms with Crippen molar-refractivity contribution in [2.45, 2.75) is 33.4 Å². The van der Waals surface area contributed by atoms with E-state index in [1.54, 1.807) is 0 Å². The summed E-state index contributed by atoms with van der Waals surface area (Å²) < 4.78 is 17.1. The van der Waals surface area contributed by atoms with Crippen LogP contribution < -0.4 is 10.5 Å². The second-order valence-electron chi connectivity index (χ2n) is 7.62. The van der Waals surface area contributed by atoms with Crippen LogP contribution in [0.1, 0.15) is 29.5 Å². The summed E-state index contributed by atoms with van der Waals surface area (Å²) in [4.78, 5) is 15.6. The number of esters is 1. The van der Waals surface area contributed by atoms with Crippen LogP contribution in [-0.2, 0) is 29.1 Å². The topological polar surface area (TPSA) is 87.6 Å². The Morgan fingerprint density at radius 1 is 1.06 bits per heavy atom. The van der Waals surface area contributed by atoms with Gasteiger partial charge in [-0.3, -0.25) is 4.79 Å². The van der Waals surface area contributed by atoms with Crippen molar-refractivity contribution in [1.82, 2.24) is 4.98 Å². The summed E-state index contributed by atoms with van der Waals surface area (Å²) >= 11 is 0. The molecule has 164 valence electrons. The van der Waals surface area contributed by atoms with Gasteiger partial charge in [-0.15, -0.1) is 0 Å². The molecule has 0 aliphatic carbocycles. The largest absolute Gasteiger partial charge is 0.489 e. The summed E-state index contributed by atoms with van der Waals surface area (Å²) in [6.07, 6.45) is 0.592. The molecule has 0 aliphatic rings. The number of para-hydroxylation sites is 1. The normalized spacial score (nSPS) is 11.0. The predicted molar refractivity (Wildman–Crippen MR) is 123 cm³/mol. The molecular formula is C26H26N2O4. The van der Waals surface area contributed by atoms with E-state index < -0.39 is 0 Å². The minimum absolute atomic E-state index is 0.286. The van der Waals surface area contributed by atoms with Crippen molar-refractivity contribution >= 4 is 17.1 Å². The van der Waals surface area contributed by atoms with E-state index in [4.69, 9.17) is 19.6 Å². The van der Waals surface area contributed by atoms with Crippen molar-refractivity contribution in [2.75, 3.05) is 6.61 Å². The third-order valence-electron chi connectivity index (χ3n) is 5.17. The van der Waals surface area contributed by atoms with E-state index in [0.29, 0.717) is 32.1 Å². The summed E-state index contributed by atoms with van der Waals surface area (Å²) in [5, 5.41) is 0. The van der Waals surface area contributed by atoms with Gasteiger partial charge in [-0.25, -0.2) is 4.98 Å². The smallest absolute Gasteiger partial charge is 0.302 e. The number of carbonyl (C=O) groups is 1. The standard InChI is InChI=1S/C26H26N2O4/c1-17-28-24-14-20(13-23(26(24)32-17)22-8-5-6-19(12-22)15-27)16-31-25-9-4-3-7-21(25)10-11-30-18(2)29/h3-9,12-14H,10-11,15-16,27H2,1-2H3. The quantitative estimate of drug-likeness (QED) is 0.398. The Morgan fingerprint density at radius 2 is 1.91 bits per heavy atom. The molecule has 0 unspecified atom stereocenters. The van der Waals surface area contributed by atoms with Gasteiger partial charge in [-0.1, -0.05) is 36.4 Å². The highest BCUT2D eigenvalue weighted by molar-refractivity contribution is 5.91. The number of hydrogen-bond donors (Lipinski definition) is 1. The summed E-state index contributed by atoms with van der Waals surface area (Å²) in [7, 11) is 0. The van der Waals surface area contributed by atoms with Gasteiger partial charge >= 0.3 is 5.97 Å². The summed E-state index contributed by atoms with van der Waals surface area (Å²) in [6.45, 7) is 4.41. The molecule has 0 spiro atoms. The van der Waals surface area contributed by atoms with Crippen molar-refractivity contribution in [3.05, 3.63) is 83.2 Å². The molecule has 2 N–H and O–H groups in total. The van der Waals surface area contributed by atoms with Crippen LogP contribution in [0.2, 0.25) is 0 Å². The lowest BCUT2D eigenvalue weighted by molar-refractivity contribution is -0.140. The zero-order valence-electron chi connectivity index (χ0n) is 18.3. The number of ether oxygens (including phenoxy) is 2. The van der Waals surface area contributed by atoms with Gasteiger partial charge in [0, 0.05) is 32.4 Å². The minimum Gasteiger partial charge on any atom is -0.489 e. The number of oxazole rings is 1. The molecule has 6 nitrogen and oxygen atoms in total. The number of hydrogen-bond acceptors (Lipinski definition) is 6. The van der Waals surface area contributed by atoms with Crippen molar-refractivity contribution in [3.8, 4) is 16.9 Å². The number of carbonyl (C=O) groups excluding carboxylic acids is 1. The van der Waals surface area contributed by atoms with E-state index in [0.717, 1.165) is 44.7 Å². The molecule has 6 heteroatoms. The van der Waals surface area contributed by atoms with Gasteiger partial charge in [-0.2, -0.15) is 0 Å². The van der Waals surface area contributed by atoms with E-state index in [1.165, 1.54) is 6.92 Å². The van der Waals surface area contributed by atoms with Gasteiger partial charge < -0.3 is 19.6 Å². The highest BCUT2D eigenvalue weighted by Crippen LogP contribution is 2.32. The maximum atomic E-state index is 11.1. The average molecular weight is 431 g/mol. The first-order chi connectivity index (χ1) is 15.5. The number of nitrogens with two attached hydrogens (primary N) is 1. The lowest BCUT2D eigenvalue weighted by atomic mass is 10.00. The maximum Gasteiger partial charge on any atom is 0.302 e. The van der Waals surface area contributed by atoms with E-state index >= 15 is 0 Å². The van der Waals surface area contributed by atoms with Gasteiger partial charge in [0.05, 0.1) is 6.61 Å². The molecular weight excluding hydrogens is 404 g/mol. The maximum absolute atomic E-state index is 11.1. The average Bonchev–Trinajstić information content (AvgIpc) is 3.17. The van der Waals surface area contributed by atoms with Gasteiger partial charge in [0.15, 0.2) is 11.5 Å². The van der Waals surface area contributed by atoms with Crippen LogP contribution in [0, 0.1) is 6.92 Å². The second-order valence-corrected chi connectivity index (χ2v) is 7.62. The van der Waals surface area contributed by atoms with Gasteiger partial charge in [-0.05, 0) is 46.5 Å². The summed E-state index contributed by atoms with van der Waals surface area (Å²) in [6, 6.07) is 20.0. The van der Waals surface area contributed by atoms with Crippen LogP contribution in [0.4, 0.5) is 0 Å². The van der Waals surface area contributed by atoms with Crippen molar-refractivity contribution in [1.29, 1.82) is 0 Å². The molecule has 0 radical (unpaired) electrons. The molecule has 1 aromatic heterocycles. The predicted octanol–water partition coefficient (Wildman–Crippen LogP) is 4.95. The Hall–Kier alpha value is -3.64. The molecule has 4 rings (SSSR count). The number of benzene rings is 3. The fourth-order valence-electron chi connectivity index (χ4n) is 3.68. The van der Waals surface area contributed by atoms with Crippen molar-refractivity contribution in [3.63, 3.8) is 0 Å². The number of rotatable bonds is 8. The molecule has 32 heavy (non-hydrogen) atoms. The molecule has 0 amide bonds. The summed E-state index contributed by atoms with van der Waals surface area (Å²) in [5.41, 5.74) is 12.4. The highest BCUT2D eigenvalue weighted by atomic mass is 16.5. The molecule has 0 saturated heterocycles. The number of nitrogens with zero attached hydrogens (tertiary/aromatic N) is 1. The number of fused-ring (bicyclic) bond motifs is 1. The zero-order valence-corrected chi connectivity index (χ0v) is 18.3. The van der Waals surface area contributed by atoms with E-state index in [-0.39, 0.29) is 5.97 Å². The van der Waals surface area contributed by atoms with Gasteiger partial charge in [0.1, 0.15) is 17.9 Å².